The number of methoxy groups -OCH3 is 2. The predicted octanol–water partition coefficient (Wildman–Crippen LogP) is 1.63. The Balaban J connectivity index is 3.01. The van der Waals surface area contributed by atoms with Gasteiger partial charge in [-0.3, -0.25) is 4.79 Å². The zero-order valence-corrected chi connectivity index (χ0v) is 11.9. The van der Waals surface area contributed by atoms with Gasteiger partial charge in [-0.15, -0.1) is 0 Å². The first-order chi connectivity index (χ1) is 8.96. The molecule has 5 nitrogen and oxygen atoms in total. The Hall–Kier alpha value is -1.75. The lowest BCUT2D eigenvalue weighted by Gasteiger charge is -2.35. The molecule has 106 valence electrons. The number of carbonyl (C=O) groups excluding carboxylic acids is 1. The zero-order valence-electron chi connectivity index (χ0n) is 11.9. The minimum absolute atomic E-state index is 0.00736. The number of hydrogen-bond donors (Lipinski definition) is 2. The number of hydrogen-bond acceptors (Lipinski definition) is 4. The molecule has 1 unspecified atom stereocenters. The molecule has 0 bridgehead atoms. The molecule has 1 rings (SSSR count). The number of nitrogens with two attached hydrogens (primary N) is 1. The van der Waals surface area contributed by atoms with Crippen LogP contribution in [0.5, 0.6) is 5.75 Å². The molecular formula is C14H22N2O3. The summed E-state index contributed by atoms with van der Waals surface area (Å²) in [5.41, 5.74) is 5.43. The molecule has 1 aromatic rings. The van der Waals surface area contributed by atoms with Crippen molar-refractivity contribution in [3.63, 3.8) is 0 Å². The van der Waals surface area contributed by atoms with Gasteiger partial charge >= 0.3 is 0 Å². The lowest BCUT2D eigenvalue weighted by molar-refractivity contribution is -0.125. The van der Waals surface area contributed by atoms with Crippen LogP contribution in [0.2, 0.25) is 0 Å². The lowest BCUT2D eigenvalue weighted by atomic mass is 9.86. The highest BCUT2D eigenvalue weighted by molar-refractivity contribution is 5.88. The molecule has 0 spiro atoms. The van der Waals surface area contributed by atoms with Gasteiger partial charge in [0.25, 0.3) is 0 Å². The minimum atomic E-state index is -0.927. The number of amides is 1. The molecule has 0 radical (unpaired) electrons. The maximum absolute atomic E-state index is 11.8. The summed E-state index contributed by atoms with van der Waals surface area (Å²) >= 11 is 0. The van der Waals surface area contributed by atoms with Crippen molar-refractivity contribution < 1.29 is 14.3 Å². The van der Waals surface area contributed by atoms with E-state index in [1.807, 2.05) is 38.1 Å². The van der Waals surface area contributed by atoms with Crippen molar-refractivity contribution in [1.82, 2.24) is 0 Å². The maximum Gasteiger partial charge on any atom is 0.245 e. The van der Waals surface area contributed by atoms with E-state index in [1.54, 1.807) is 14.2 Å². The van der Waals surface area contributed by atoms with Gasteiger partial charge in [-0.25, -0.2) is 0 Å². The highest BCUT2D eigenvalue weighted by Gasteiger charge is 2.40. The number of ether oxygens (including phenoxy) is 2. The monoisotopic (exact) mass is 266 g/mol. The first-order valence-electron chi connectivity index (χ1n) is 6.17. The number of carbonyl (C=O) groups is 1. The molecule has 3 N–H and O–H groups in total. The predicted molar refractivity (Wildman–Crippen MR) is 75.3 cm³/mol. The van der Waals surface area contributed by atoms with E-state index >= 15 is 0 Å². The van der Waals surface area contributed by atoms with Crippen LogP contribution in [0, 0.1) is 5.92 Å². The average Bonchev–Trinajstić information content (AvgIpc) is 2.38. The largest absolute Gasteiger partial charge is 0.497 e. The van der Waals surface area contributed by atoms with E-state index in [2.05, 4.69) is 5.32 Å². The van der Waals surface area contributed by atoms with Crippen LogP contribution < -0.4 is 15.8 Å². The van der Waals surface area contributed by atoms with Crippen LogP contribution >= 0.6 is 0 Å². The van der Waals surface area contributed by atoms with Gasteiger partial charge in [0.15, 0.2) is 0 Å². The molecule has 1 aromatic carbocycles. The summed E-state index contributed by atoms with van der Waals surface area (Å²) in [7, 11) is 3.16. The highest BCUT2D eigenvalue weighted by atomic mass is 16.5. The molecular weight excluding hydrogens is 244 g/mol. The Labute approximate surface area is 114 Å². The van der Waals surface area contributed by atoms with Crippen LogP contribution in [0.1, 0.15) is 13.8 Å². The number of primary amides is 1. The van der Waals surface area contributed by atoms with E-state index in [0.717, 1.165) is 11.4 Å². The normalized spacial score (nSPS) is 13.9. The second kappa shape index (κ2) is 6.43. The van der Waals surface area contributed by atoms with Crippen molar-refractivity contribution in [2.45, 2.75) is 19.4 Å². The van der Waals surface area contributed by atoms with Crippen molar-refractivity contribution in [2.24, 2.45) is 11.7 Å². The molecule has 0 aliphatic heterocycles. The quantitative estimate of drug-likeness (QED) is 0.786. The molecule has 5 heteroatoms. The Morgan fingerprint density at radius 1 is 1.32 bits per heavy atom. The van der Waals surface area contributed by atoms with E-state index in [9.17, 15) is 4.79 Å². The number of benzene rings is 1. The molecule has 0 aromatic heterocycles. The van der Waals surface area contributed by atoms with Crippen molar-refractivity contribution in [3.05, 3.63) is 24.3 Å². The van der Waals surface area contributed by atoms with Crippen LogP contribution in [0.15, 0.2) is 24.3 Å². The van der Waals surface area contributed by atoms with Gasteiger partial charge in [0.05, 0.1) is 13.7 Å². The number of rotatable bonds is 7. The van der Waals surface area contributed by atoms with Crippen LogP contribution in [-0.2, 0) is 9.53 Å². The number of anilines is 1. The summed E-state index contributed by atoms with van der Waals surface area (Å²) in [6, 6.07) is 7.32. The summed E-state index contributed by atoms with van der Waals surface area (Å²) in [6.07, 6.45) is 0. The van der Waals surface area contributed by atoms with E-state index in [0.29, 0.717) is 0 Å². The molecule has 1 atom stereocenters. The molecule has 0 saturated carbocycles. The van der Waals surface area contributed by atoms with Gasteiger partial charge in [0.2, 0.25) is 5.91 Å². The van der Waals surface area contributed by atoms with E-state index < -0.39 is 11.4 Å². The van der Waals surface area contributed by atoms with E-state index in [1.165, 1.54) is 0 Å². The van der Waals surface area contributed by atoms with Crippen molar-refractivity contribution in [3.8, 4) is 5.75 Å². The third-order valence-electron chi connectivity index (χ3n) is 3.25. The SMILES string of the molecule is COCC(Nc1ccc(OC)cc1)(C(N)=O)C(C)C. The zero-order chi connectivity index (χ0) is 14.5. The third-order valence-corrected chi connectivity index (χ3v) is 3.25. The summed E-state index contributed by atoms with van der Waals surface area (Å²) in [5, 5.41) is 3.19. The lowest BCUT2D eigenvalue weighted by Crippen LogP contribution is -2.57. The van der Waals surface area contributed by atoms with Gasteiger partial charge in [0, 0.05) is 12.8 Å². The summed E-state index contributed by atoms with van der Waals surface area (Å²) in [5.74, 6) is 0.318. The van der Waals surface area contributed by atoms with Crippen molar-refractivity contribution in [1.29, 1.82) is 0 Å². The van der Waals surface area contributed by atoms with Crippen LogP contribution in [0.25, 0.3) is 0 Å². The first-order valence-corrected chi connectivity index (χ1v) is 6.17. The Morgan fingerprint density at radius 3 is 2.26 bits per heavy atom. The van der Waals surface area contributed by atoms with Crippen LogP contribution in [-0.4, -0.2) is 32.3 Å². The Bertz CT molecular complexity index is 417. The smallest absolute Gasteiger partial charge is 0.245 e. The molecule has 0 saturated heterocycles. The van der Waals surface area contributed by atoms with Gasteiger partial charge in [-0.05, 0) is 30.2 Å². The summed E-state index contributed by atoms with van der Waals surface area (Å²) < 4.78 is 10.3. The highest BCUT2D eigenvalue weighted by Crippen LogP contribution is 2.25. The maximum atomic E-state index is 11.8. The topological polar surface area (TPSA) is 73.6 Å². The first kappa shape index (κ1) is 15.3. The molecule has 0 aliphatic carbocycles. The summed E-state index contributed by atoms with van der Waals surface area (Å²) in [4.78, 5) is 11.8. The minimum Gasteiger partial charge on any atom is -0.497 e. The second-order valence-electron chi connectivity index (χ2n) is 4.78. The van der Waals surface area contributed by atoms with Crippen molar-refractivity contribution >= 4 is 11.6 Å². The fraction of sp³-hybridized carbons (Fsp3) is 0.500. The Kier molecular flexibility index (Phi) is 5.18. The van der Waals surface area contributed by atoms with E-state index in [-0.39, 0.29) is 12.5 Å². The third kappa shape index (κ3) is 3.38. The number of nitrogens with one attached hydrogen (secondary N) is 1. The molecule has 0 aliphatic rings. The van der Waals surface area contributed by atoms with Gasteiger partial charge in [-0.2, -0.15) is 0 Å². The van der Waals surface area contributed by atoms with Crippen molar-refractivity contribution in [2.75, 3.05) is 26.1 Å². The van der Waals surface area contributed by atoms with Crippen LogP contribution in [0.3, 0.4) is 0 Å². The fourth-order valence-corrected chi connectivity index (χ4v) is 1.92. The fourth-order valence-electron chi connectivity index (χ4n) is 1.92. The molecule has 0 fully saturated rings. The van der Waals surface area contributed by atoms with Crippen LogP contribution in [0.4, 0.5) is 5.69 Å². The standard InChI is InChI=1S/C14H22N2O3/c1-10(2)14(9-18-3,13(15)17)16-11-5-7-12(19-4)8-6-11/h5-8,10,16H,9H2,1-4H3,(H2,15,17). The van der Waals surface area contributed by atoms with Gasteiger partial charge < -0.3 is 20.5 Å². The van der Waals surface area contributed by atoms with E-state index in [4.69, 9.17) is 15.2 Å². The summed E-state index contributed by atoms with van der Waals surface area (Å²) in [6.45, 7) is 4.08. The van der Waals surface area contributed by atoms with Gasteiger partial charge in [-0.1, -0.05) is 13.8 Å². The molecule has 19 heavy (non-hydrogen) atoms. The molecule has 1 amide bonds. The second-order valence-corrected chi connectivity index (χ2v) is 4.78. The molecule has 0 heterocycles. The van der Waals surface area contributed by atoms with Gasteiger partial charge in [0.1, 0.15) is 11.3 Å². The average molecular weight is 266 g/mol. The Morgan fingerprint density at radius 2 is 1.89 bits per heavy atom.